The number of hydrogen-bond acceptors (Lipinski definition) is 6. The van der Waals surface area contributed by atoms with E-state index < -0.39 is 46.6 Å². The Morgan fingerprint density at radius 2 is 1.82 bits per heavy atom. The summed E-state index contributed by atoms with van der Waals surface area (Å²) in [6.45, 7) is 11.9. The standard InChI is InChI=1S/C25H36N2O6/c1-15(2)13-16(14-28)27-19-21(30)26(23(3,4)5)11-7-10-25(19)17(20(27)29)18-22(31)32-12-8-9-24(18,6)33-25/h7-10,15-19,28H,11-14H2,1-6H3/t16-,17+,18-,19?,24+,25+/m1/s1. The fourth-order valence-electron chi connectivity index (χ4n) is 6.11. The predicted molar refractivity (Wildman–Crippen MR) is 121 cm³/mol. The van der Waals surface area contributed by atoms with Crippen molar-refractivity contribution in [3.63, 3.8) is 0 Å². The molecule has 6 atom stereocenters. The number of rotatable bonds is 4. The van der Waals surface area contributed by atoms with Crippen molar-refractivity contribution in [2.24, 2.45) is 17.8 Å². The molecule has 0 aliphatic carbocycles. The van der Waals surface area contributed by atoms with Crippen molar-refractivity contribution in [2.45, 2.75) is 76.8 Å². The van der Waals surface area contributed by atoms with Gasteiger partial charge in [-0.3, -0.25) is 14.4 Å². The van der Waals surface area contributed by atoms with E-state index in [2.05, 4.69) is 0 Å². The SMILES string of the molecule is CC(C)C[C@H](CO)N1C(=O)[C@@H]2[C@@H]3C(=O)OCC=C[C@]3(C)O[C@@]23C=CCN(C(C)(C)C)C(=O)C13. The Labute approximate surface area is 195 Å². The van der Waals surface area contributed by atoms with Crippen LogP contribution in [0.15, 0.2) is 24.3 Å². The molecule has 182 valence electrons. The van der Waals surface area contributed by atoms with Gasteiger partial charge in [-0.1, -0.05) is 32.1 Å². The molecule has 0 aromatic heterocycles. The summed E-state index contributed by atoms with van der Waals surface area (Å²) in [5.41, 5.74) is -2.89. The van der Waals surface area contributed by atoms with Crippen LogP contribution >= 0.6 is 0 Å². The molecule has 1 unspecified atom stereocenters. The number of likely N-dealkylation sites (tertiary alicyclic amines) is 1. The van der Waals surface area contributed by atoms with E-state index in [1.165, 1.54) is 4.90 Å². The highest BCUT2D eigenvalue weighted by molar-refractivity contribution is 5.99. The molecule has 0 saturated carbocycles. The Kier molecular flexibility index (Phi) is 5.77. The van der Waals surface area contributed by atoms with Crippen molar-refractivity contribution in [1.82, 2.24) is 9.80 Å². The van der Waals surface area contributed by atoms with Gasteiger partial charge in [-0.25, -0.2) is 0 Å². The van der Waals surface area contributed by atoms with Gasteiger partial charge in [0.15, 0.2) is 0 Å². The van der Waals surface area contributed by atoms with Gasteiger partial charge in [0.2, 0.25) is 11.8 Å². The maximum atomic E-state index is 14.1. The van der Waals surface area contributed by atoms with Gasteiger partial charge in [-0.2, -0.15) is 0 Å². The third kappa shape index (κ3) is 3.53. The third-order valence-corrected chi connectivity index (χ3v) is 7.41. The van der Waals surface area contributed by atoms with Crippen LogP contribution in [0, 0.1) is 17.8 Å². The number of cyclic esters (lactones) is 1. The van der Waals surface area contributed by atoms with E-state index in [0.717, 1.165) is 0 Å². The van der Waals surface area contributed by atoms with Gasteiger partial charge < -0.3 is 24.4 Å². The number of esters is 1. The summed E-state index contributed by atoms with van der Waals surface area (Å²) in [4.78, 5) is 44.6. The summed E-state index contributed by atoms with van der Waals surface area (Å²) >= 11 is 0. The van der Waals surface area contributed by atoms with E-state index in [4.69, 9.17) is 9.47 Å². The van der Waals surface area contributed by atoms with Crippen molar-refractivity contribution < 1.29 is 29.0 Å². The molecule has 1 spiro atoms. The second-order valence-electron chi connectivity index (χ2n) is 11.3. The van der Waals surface area contributed by atoms with Gasteiger partial charge in [0.05, 0.1) is 24.2 Å². The number of ether oxygens (including phenoxy) is 2. The van der Waals surface area contributed by atoms with Gasteiger partial charge in [0.25, 0.3) is 0 Å². The Bertz CT molecular complexity index is 905. The van der Waals surface area contributed by atoms with Crippen LogP contribution in [0.5, 0.6) is 0 Å². The van der Waals surface area contributed by atoms with E-state index in [9.17, 15) is 19.5 Å². The molecule has 4 rings (SSSR count). The summed E-state index contributed by atoms with van der Waals surface area (Å²) < 4.78 is 12.1. The van der Waals surface area contributed by atoms with E-state index in [0.29, 0.717) is 13.0 Å². The van der Waals surface area contributed by atoms with Crippen molar-refractivity contribution >= 4 is 17.8 Å². The highest BCUT2D eigenvalue weighted by Crippen LogP contribution is 2.58. The smallest absolute Gasteiger partial charge is 0.313 e. The average Bonchev–Trinajstić information content (AvgIpc) is 2.96. The first-order valence-corrected chi connectivity index (χ1v) is 11.8. The second-order valence-corrected chi connectivity index (χ2v) is 11.3. The Hall–Kier alpha value is -2.19. The van der Waals surface area contributed by atoms with Crippen LogP contribution in [0.25, 0.3) is 0 Å². The number of aliphatic hydroxyl groups is 1. The number of carbonyl (C=O) groups excluding carboxylic acids is 3. The van der Waals surface area contributed by atoms with Gasteiger partial charge in [-0.05, 0) is 46.1 Å². The monoisotopic (exact) mass is 460 g/mol. The molecule has 0 aromatic carbocycles. The van der Waals surface area contributed by atoms with E-state index >= 15 is 0 Å². The summed E-state index contributed by atoms with van der Waals surface area (Å²) in [5.74, 6) is -2.67. The number of aliphatic hydroxyl groups excluding tert-OH is 1. The molecule has 1 N–H and O–H groups in total. The largest absolute Gasteiger partial charge is 0.461 e. The van der Waals surface area contributed by atoms with Crippen LogP contribution in [-0.2, 0) is 23.9 Å². The van der Waals surface area contributed by atoms with Crippen molar-refractivity contribution in [2.75, 3.05) is 19.8 Å². The molecule has 0 aromatic rings. The van der Waals surface area contributed by atoms with Crippen LogP contribution in [0.4, 0.5) is 0 Å². The number of fused-ring (bicyclic) bond motifs is 2. The molecule has 0 radical (unpaired) electrons. The third-order valence-electron chi connectivity index (χ3n) is 7.41. The van der Waals surface area contributed by atoms with Crippen LogP contribution in [-0.4, -0.2) is 81.3 Å². The molecule has 2 amide bonds. The Morgan fingerprint density at radius 1 is 1.12 bits per heavy atom. The topological polar surface area (TPSA) is 96.4 Å². The summed E-state index contributed by atoms with van der Waals surface area (Å²) in [6.07, 6.45) is 7.72. The molecule has 33 heavy (non-hydrogen) atoms. The lowest BCUT2D eigenvalue weighted by Crippen LogP contribution is -2.61. The maximum absolute atomic E-state index is 14.1. The summed E-state index contributed by atoms with van der Waals surface area (Å²) in [6, 6.07) is -1.54. The van der Waals surface area contributed by atoms with Crippen LogP contribution < -0.4 is 0 Å². The number of carbonyl (C=O) groups is 3. The van der Waals surface area contributed by atoms with Gasteiger partial charge in [0.1, 0.15) is 24.2 Å². The maximum Gasteiger partial charge on any atom is 0.313 e. The summed E-state index contributed by atoms with van der Waals surface area (Å²) in [5, 5.41) is 10.3. The lowest BCUT2D eigenvalue weighted by molar-refractivity contribution is -0.161. The lowest BCUT2D eigenvalue weighted by atomic mass is 9.74. The minimum absolute atomic E-state index is 0.120. The molecule has 4 aliphatic rings. The molecule has 0 bridgehead atoms. The van der Waals surface area contributed by atoms with Crippen LogP contribution in [0.1, 0.15) is 48.0 Å². The molecule has 2 saturated heterocycles. The fraction of sp³-hybridized carbons (Fsp3) is 0.720. The van der Waals surface area contributed by atoms with Crippen molar-refractivity contribution in [3.8, 4) is 0 Å². The van der Waals surface area contributed by atoms with E-state index in [-0.39, 0.29) is 30.9 Å². The number of nitrogens with zero attached hydrogens (tertiary/aromatic N) is 2. The first-order valence-electron chi connectivity index (χ1n) is 11.8. The molecule has 8 heteroatoms. The first kappa shape index (κ1) is 24.0. The van der Waals surface area contributed by atoms with Crippen LogP contribution in [0.3, 0.4) is 0 Å². The normalized spacial score (nSPS) is 37.0. The molecule has 2 fully saturated rings. The highest BCUT2D eigenvalue weighted by atomic mass is 16.6. The predicted octanol–water partition coefficient (Wildman–Crippen LogP) is 1.67. The zero-order valence-corrected chi connectivity index (χ0v) is 20.4. The summed E-state index contributed by atoms with van der Waals surface area (Å²) in [7, 11) is 0. The van der Waals surface area contributed by atoms with Crippen molar-refractivity contribution in [3.05, 3.63) is 24.3 Å². The second kappa shape index (κ2) is 7.94. The molecule has 4 aliphatic heterocycles. The quantitative estimate of drug-likeness (QED) is 0.507. The van der Waals surface area contributed by atoms with Gasteiger partial charge >= 0.3 is 5.97 Å². The minimum Gasteiger partial charge on any atom is -0.461 e. The minimum atomic E-state index is -1.32. The molecule has 4 heterocycles. The van der Waals surface area contributed by atoms with Crippen molar-refractivity contribution in [1.29, 1.82) is 0 Å². The number of hydrogen-bond donors (Lipinski definition) is 1. The number of amides is 2. The molecular formula is C25H36N2O6. The Balaban J connectivity index is 1.91. The van der Waals surface area contributed by atoms with Crippen LogP contribution in [0.2, 0.25) is 0 Å². The average molecular weight is 461 g/mol. The molecule has 8 nitrogen and oxygen atoms in total. The van der Waals surface area contributed by atoms with E-state index in [1.807, 2.05) is 46.8 Å². The first-order chi connectivity index (χ1) is 15.4. The van der Waals surface area contributed by atoms with E-state index in [1.54, 1.807) is 24.0 Å². The highest BCUT2D eigenvalue weighted by Gasteiger charge is 2.75. The van der Waals surface area contributed by atoms with Gasteiger partial charge in [0, 0.05) is 12.1 Å². The van der Waals surface area contributed by atoms with Gasteiger partial charge in [-0.15, -0.1) is 0 Å². The molecular weight excluding hydrogens is 424 g/mol. The zero-order valence-electron chi connectivity index (χ0n) is 20.4. The zero-order chi connectivity index (χ0) is 24.3. The lowest BCUT2D eigenvalue weighted by Gasteiger charge is -2.43. The Morgan fingerprint density at radius 3 is 2.42 bits per heavy atom. The fourth-order valence-corrected chi connectivity index (χ4v) is 6.11.